The van der Waals surface area contributed by atoms with Crippen LogP contribution in [0.2, 0.25) is 5.02 Å². The zero-order chi connectivity index (χ0) is 16.3. The molecular weight excluding hydrogens is 314 g/mol. The van der Waals surface area contributed by atoms with Crippen molar-refractivity contribution < 1.29 is 9.53 Å². The molecule has 6 heteroatoms. The molecule has 0 bridgehead atoms. The lowest BCUT2D eigenvalue weighted by Gasteiger charge is -2.32. The van der Waals surface area contributed by atoms with Crippen LogP contribution in [-0.4, -0.2) is 48.6 Å². The fourth-order valence-electron chi connectivity index (χ4n) is 2.82. The van der Waals surface area contributed by atoms with Crippen molar-refractivity contribution in [2.24, 2.45) is 5.73 Å². The molecule has 1 saturated heterocycles. The number of nitrogens with two attached hydrogens (primary N) is 1. The van der Waals surface area contributed by atoms with Crippen LogP contribution in [0.25, 0.3) is 0 Å². The van der Waals surface area contributed by atoms with Crippen molar-refractivity contribution in [1.29, 1.82) is 0 Å². The highest BCUT2D eigenvalue weighted by Crippen LogP contribution is 2.32. The van der Waals surface area contributed by atoms with Crippen LogP contribution in [0.3, 0.4) is 0 Å². The molecule has 1 aliphatic carbocycles. The zero-order valence-electron chi connectivity index (χ0n) is 13.3. The largest absolute Gasteiger partial charge is 0.492 e. The van der Waals surface area contributed by atoms with Crippen LogP contribution in [-0.2, 0) is 4.79 Å². The van der Waals surface area contributed by atoms with Gasteiger partial charge in [0.25, 0.3) is 0 Å². The summed E-state index contributed by atoms with van der Waals surface area (Å²) in [5, 5.41) is 3.81. The molecule has 1 saturated carbocycles. The first-order chi connectivity index (χ1) is 11.0. The number of hydrogen-bond acceptors (Lipinski definition) is 4. The van der Waals surface area contributed by atoms with Crippen molar-refractivity contribution in [2.45, 2.75) is 37.3 Å². The SMILES string of the molecule is NC1(C(=O)NC2CCN(CCOc3ccc(Cl)cc3)CC2)CC1. The molecule has 0 atom stereocenters. The van der Waals surface area contributed by atoms with E-state index < -0.39 is 5.54 Å². The second kappa shape index (κ2) is 7.07. The number of carbonyl (C=O) groups excluding carboxylic acids is 1. The molecule has 2 fully saturated rings. The number of halogens is 1. The van der Waals surface area contributed by atoms with E-state index in [1.807, 2.05) is 24.3 Å². The fourth-order valence-corrected chi connectivity index (χ4v) is 2.94. The van der Waals surface area contributed by atoms with E-state index in [0.717, 1.165) is 51.1 Å². The molecule has 126 valence electrons. The highest BCUT2D eigenvalue weighted by molar-refractivity contribution is 6.30. The van der Waals surface area contributed by atoms with E-state index in [2.05, 4.69) is 10.2 Å². The van der Waals surface area contributed by atoms with Crippen LogP contribution in [0.4, 0.5) is 0 Å². The highest BCUT2D eigenvalue weighted by Gasteiger charge is 2.46. The lowest BCUT2D eigenvalue weighted by Crippen LogP contribution is -2.51. The van der Waals surface area contributed by atoms with E-state index in [4.69, 9.17) is 22.1 Å². The molecule has 5 nitrogen and oxygen atoms in total. The quantitative estimate of drug-likeness (QED) is 0.830. The molecule has 3 rings (SSSR count). The van der Waals surface area contributed by atoms with E-state index in [0.29, 0.717) is 11.6 Å². The van der Waals surface area contributed by atoms with Gasteiger partial charge in [0.15, 0.2) is 0 Å². The molecule has 0 spiro atoms. The summed E-state index contributed by atoms with van der Waals surface area (Å²) in [6, 6.07) is 7.68. The number of piperidine rings is 1. The lowest BCUT2D eigenvalue weighted by molar-refractivity contribution is -0.124. The van der Waals surface area contributed by atoms with E-state index in [1.54, 1.807) is 0 Å². The van der Waals surface area contributed by atoms with Gasteiger partial charge in [0.05, 0.1) is 5.54 Å². The first-order valence-electron chi connectivity index (χ1n) is 8.26. The van der Waals surface area contributed by atoms with Gasteiger partial charge in [0.1, 0.15) is 12.4 Å². The Hall–Kier alpha value is -1.30. The Bertz CT molecular complexity index is 537. The van der Waals surface area contributed by atoms with Crippen LogP contribution < -0.4 is 15.8 Å². The average molecular weight is 338 g/mol. The number of likely N-dealkylation sites (tertiary alicyclic amines) is 1. The lowest BCUT2D eigenvalue weighted by atomic mass is 10.0. The van der Waals surface area contributed by atoms with Crippen molar-refractivity contribution >= 4 is 17.5 Å². The number of carbonyl (C=O) groups is 1. The van der Waals surface area contributed by atoms with Gasteiger partial charge in [0.2, 0.25) is 5.91 Å². The third-order valence-corrected chi connectivity index (χ3v) is 4.91. The zero-order valence-corrected chi connectivity index (χ0v) is 14.0. The second-order valence-electron chi connectivity index (χ2n) is 6.55. The minimum Gasteiger partial charge on any atom is -0.492 e. The third kappa shape index (κ3) is 4.59. The van der Waals surface area contributed by atoms with Crippen LogP contribution in [0.1, 0.15) is 25.7 Å². The van der Waals surface area contributed by atoms with Crippen LogP contribution in [0.15, 0.2) is 24.3 Å². The van der Waals surface area contributed by atoms with Gasteiger partial charge in [-0.2, -0.15) is 0 Å². The molecule has 23 heavy (non-hydrogen) atoms. The van der Waals surface area contributed by atoms with Crippen LogP contribution >= 0.6 is 11.6 Å². The van der Waals surface area contributed by atoms with Gasteiger partial charge in [-0.15, -0.1) is 0 Å². The van der Waals surface area contributed by atoms with Crippen molar-refractivity contribution in [3.8, 4) is 5.75 Å². The number of rotatable bonds is 6. The van der Waals surface area contributed by atoms with Gasteiger partial charge in [-0.05, 0) is 49.9 Å². The Kier molecular flexibility index (Phi) is 5.09. The molecular formula is C17H24ClN3O2. The first-order valence-corrected chi connectivity index (χ1v) is 8.63. The van der Waals surface area contributed by atoms with Gasteiger partial charge in [-0.1, -0.05) is 11.6 Å². The third-order valence-electron chi connectivity index (χ3n) is 4.65. The number of ether oxygens (including phenoxy) is 1. The highest BCUT2D eigenvalue weighted by atomic mass is 35.5. The molecule has 1 aliphatic heterocycles. The Morgan fingerprint density at radius 2 is 1.96 bits per heavy atom. The monoisotopic (exact) mass is 337 g/mol. The Balaban J connectivity index is 1.33. The predicted molar refractivity (Wildman–Crippen MR) is 90.7 cm³/mol. The van der Waals surface area contributed by atoms with Gasteiger partial charge in [-0.3, -0.25) is 9.69 Å². The smallest absolute Gasteiger partial charge is 0.240 e. The van der Waals surface area contributed by atoms with E-state index in [9.17, 15) is 4.79 Å². The molecule has 0 aromatic heterocycles. The number of hydrogen-bond donors (Lipinski definition) is 2. The van der Waals surface area contributed by atoms with Gasteiger partial charge >= 0.3 is 0 Å². The van der Waals surface area contributed by atoms with Crippen LogP contribution in [0, 0.1) is 0 Å². The number of amides is 1. The maximum absolute atomic E-state index is 12.0. The molecule has 3 N–H and O–H groups in total. The number of benzene rings is 1. The summed E-state index contributed by atoms with van der Waals surface area (Å²) in [4.78, 5) is 14.3. The summed E-state index contributed by atoms with van der Waals surface area (Å²) in [5.74, 6) is 0.872. The molecule has 0 unspecified atom stereocenters. The summed E-state index contributed by atoms with van der Waals surface area (Å²) in [7, 11) is 0. The van der Waals surface area contributed by atoms with E-state index >= 15 is 0 Å². The molecule has 0 radical (unpaired) electrons. The standard InChI is InChI=1S/C17H24ClN3O2/c18-13-1-3-15(4-2-13)23-12-11-21-9-5-14(6-10-21)20-16(22)17(19)7-8-17/h1-4,14H,5-12,19H2,(H,20,22). The summed E-state index contributed by atoms with van der Waals surface area (Å²) in [5.41, 5.74) is 5.35. The number of nitrogens with one attached hydrogen (secondary N) is 1. The van der Waals surface area contributed by atoms with E-state index in [-0.39, 0.29) is 11.9 Å². The Labute approximate surface area is 142 Å². The molecule has 2 aliphatic rings. The fraction of sp³-hybridized carbons (Fsp3) is 0.588. The van der Waals surface area contributed by atoms with Gasteiger partial charge < -0.3 is 15.8 Å². The second-order valence-corrected chi connectivity index (χ2v) is 6.98. The van der Waals surface area contributed by atoms with Crippen LogP contribution in [0.5, 0.6) is 5.75 Å². The van der Waals surface area contributed by atoms with E-state index in [1.165, 1.54) is 0 Å². The predicted octanol–water partition coefficient (Wildman–Crippen LogP) is 1.79. The van der Waals surface area contributed by atoms with Gasteiger partial charge in [-0.25, -0.2) is 0 Å². The molecule has 1 amide bonds. The van der Waals surface area contributed by atoms with Crippen molar-refractivity contribution in [1.82, 2.24) is 10.2 Å². The number of nitrogens with zero attached hydrogens (tertiary/aromatic N) is 1. The minimum absolute atomic E-state index is 0.0296. The Morgan fingerprint density at radius 1 is 1.30 bits per heavy atom. The normalized spacial score (nSPS) is 21.0. The van der Waals surface area contributed by atoms with Gasteiger partial charge in [0, 0.05) is 30.7 Å². The summed E-state index contributed by atoms with van der Waals surface area (Å²) < 4.78 is 5.72. The van der Waals surface area contributed by atoms with Crippen molar-refractivity contribution in [3.63, 3.8) is 0 Å². The van der Waals surface area contributed by atoms with Crippen molar-refractivity contribution in [2.75, 3.05) is 26.2 Å². The molecule has 1 heterocycles. The Morgan fingerprint density at radius 3 is 2.57 bits per heavy atom. The summed E-state index contributed by atoms with van der Waals surface area (Å²) in [6.45, 7) is 3.51. The average Bonchev–Trinajstić information content (AvgIpc) is 3.30. The minimum atomic E-state index is -0.566. The maximum atomic E-state index is 12.0. The molecule has 1 aromatic carbocycles. The summed E-state index contributed by atoms with van der Waals surface area (Å²) in [6.07, 6.45) is 3.59. The molecule has 1 aromatic rings. The van der Waals surface area contributed by atoms with Crippen molar-refractivity contribution in [3.05, 3.63) is 29.3 Å². The summed E-state index contributed by atoms with van der Waals surface area (Å²) >= 11 is 5.85. The maximum Gasteiger partial charge on any atom is 0.240 e. The first kappa shape index (κ1) is 16.6. The topological polar surface area (TPSA) is 67.6 Å².